The van der Waals surface area contributed by atoms with Gasteiger partial charge in [0.2, 0.25) is 0 Å². The highest BCUT2D eigenvalue weighted by Gasteiger charge is 2.20. The summed E-state index contributed by atoms with van der Waals surface area (Å²) in [6.45, 7) is 4.45. The summed E-state index contributed by atoms with van der Waals surface area (Å²) in [5.41, 5.74) is 0.118. The van der Waals surface area contributed by atoms with Gasteiger partial charge in [-0.3, -0.25) is 0 Å². The molecule has 1 unspecified atom stereocenters. The van der Waals surface area contributed by atoms with Gasteiger partial charge in [-0.15, -0.1) is 0 Å². The van der Waals surface area contributed by atoms with Gasteiger partial charge in [-0.2, -0.15) is 0 Å². The Kier molecular flexibility index (Phi) is 5.15. The second-order valence-corrected chi connectivity index (χ2v) is 3.35. The van der Waals surface area contributed by atoms with Crippen LogP contribution in [-0.4, -0.2) is 24.7 Å². The monoisotopic (exact) mass is 246 g/mol. The molecule has 0 radical (unpaired) electrons. The van der Waals surface area contributed by atoms with Gasteiger partial charge >= 0.3 is 0 Å². The second kappa shape index (κ2) is 6.39. The van der Waals surface area contributed by atoms with Gasteiger partial charge < -0.3 is 14.6 Å². The quantitative estimate of drug-likeness (QED) is 0.838. The van der Waals surface area contributed by atoms with Crippen LogP contribution in [0.15, 0.2) is 18.2 Å². The molecular formula is C12H16F2O3. The number of alkyl halides is 2. The lowest BCUT2D eigenvalue weighted by molar-refractivity contribution is -0.00592. The Bertz CT molecular complexity index is 356. The smallest absolute Gasteiger partial charge is 0.268 e. The number of halogens is 2. The van der Waals surface area contributed by atoms with Gasteiger partial charge in [0, 0.05) is 0 Å². The van der Waals surface area contributed by atoms with Crippen LogP contribution in [0.3, 0.4) is 0 Å². The molecule has 0 saturated heterocycles. The zero-order chi connectivity index (χ0) is 12.8. The van der Waals surface area contributed by atoms with Crippen LogP contribution in [-0.2, 0) is 0 Å². The molecule has 1 rings (SSSR count). The van der Waals surface area contributed by atoms with E-state index in [0.29, 0.717) is 24.7 Å². The molecule has 0 aliphatic rings. The van der Waals surface area contributed by atoms with Gasteiger partial charge in [-0.25, -0.2) is 8.78 Å². The first-order valence-corrected chi connectivity index (χ1v) is 5.45. The van der Waals surface area contributed by atoms with Crippen LogP contribution in [0, 0.1) is 0 Å². The number of hydrogen-bond acceptors (Lipinski definition) is 3. The summed E-state index contributed by atoms with van der Waals surface area (Å²) < 4.78 is 35.3. The standard InChI is InChI=1S/C12H16F2O3/c1-3-16-9-6-5-8(11(15)12(13)14)7-10(9)17-4-2/h5-7,11-12,15H,3-4H2,1-2H3. The molecule has 0 amide bonds. The van der Waals surface area contributed by atoms with Crippen molar-refractivity contribution in [1.82, 2.24) is 0 Å². The molecule has 0 aromatic heterocycles. The first-order chi connectivity index (χ1) is 8.10. The number of ether oxygens (including phenoxy) is 2. The van der Waals surface area contributed by atoms with Gasteiger partial charge in [-0.1, -0.05) is 6.07 Å². The van der Waals surface area contributed by atoms with Crippen molar-refractivity contribution in [2.24, 2.45) is 0 Å². The SMILES string of the molecule is CCOc1ccc(C(O)C(F)F)cc1OCC. The normalized spacial score (nSPS) is 12.6. The highest BCUT2D eigenvalue weighted by molar-refractivity contribution is 5.43. The summed E-state index contributed by atoms with van der Waals surface area (Å²) in [5, 5.41) is 9.26. The van der Waals surface area contributed by atoms with E-state index in [1.807, 2.05) is 6.92 Å². The Labute approximate surface area is 99.0 Å². The average Bonchev–Trinajstić information content (AvgIpc) is 2.31. The van der Waals surface area contributed by atoms with Gasteiger partial charge in [0.15, 0.2) is 11.5 Å². The number of hydrogen-bond donors (Lipinski definition) is 1. The molecule has 1 aromatic rings. The van der Waals surface area contributed by atoms with Crippen molar-refractivity contribution < 1.29 is 23.4 Å². The molecule has 17 heavy (non-hydrogen) atoms. The van der Waals surface area contributed by atoms with Crippen LogP contribution >= 0.6 is 0 Å². The molecule has 1 aromatic carbocycles. The number of rotatable bonds is 6. The summed E-state index contributed by atoms with van der Waals surface area (Å²) >= 11 is 0. The molecule has 0 aliphatic heterocycles. The summed E-state index contributed by atoms with van der Waals surface area (Å²) in [4.78, 5) is 0. The van der Waals surface area contributed by atoms with Crippen LogP contribution in [0.5, 0.6) is 11.5 Å². The molecule has 0 bridgehead atoms. The number of benzene rings is 1. The summed E-state index contributed by atoms with van der Waals surface area (Å²) in [7, 11) is 0. The fourth-order valence-corrected chi connectivity index (χ4v) is 1.40. The third kappa shape index (κ3) is 3.56. The molecule has 1 N–H and O–H groups in total. The van der Waals surface area contributed by atoms with Crippen molar-refractivity contribution in [3.8, 4) is 11.5 Å². The van der Waals surface area contributed by atoms with Crippen LogP contribution in [0.1, 0.15) is 25.5 Å². The zero-order valence-corrected chi connectivity index (χ0v) is 9.82. The number of aliphatic hydroxyl groups is 1. The van der Waals surface area contributed by atoms with E-state index in [4.69, 9.17) is 9.47 Å². The number of aliphatic hydroxyl groups excluding tert-OH is 1. The molecule has 0 fully saturated rings. The highest BCUT2D eigenvalue weighted by Crippen LogP contribution is 2.32. The van der Waals surface area contributed by atoms with Crippen molar-refractivity contribution in [2.75, 3.05) is 13.2 Å². The minimum atomic E-state index is -2.82. The molecule has 0 heterocycles. The predicted octanol–water partition coefficient (Wildman–Crippen LogP) is 2.78. The third-order valence-corrected chi connectivity index (χ3v) is 2.15. The van der Waals surface area contributed by atoms with E-state index in [0.717, 1.165) is 0 Å². The van der Waals surface area contributed by atoms with Crippen molar-refractivity contribution >= 4 is 0 Å². The largest absolute Gasteiger partial charge is 0.490 e. The Morgan fingerprint density at radius 1 is 1.12 bits per heavy atom. The maximum absolute atomic E-state index is 12.4. The Balaban J connectivity index is 3.00. The van der Waals surface area contributed by atoms with Crippen LogP contribution in [0.4, 0.5) is 8.78 Å². The fraction of sp³-hybridized carbons (Fsp3) is 0.500. The Morgan fingerprint density at radius 3 is 2.24 bits per heavy atom. The van der Waals surface area contributed by atoms with Crippen molar-refractivity contribution in [3.05, 3.63) is 23.8 Å². The first kappa shape index (κ1) is 13.7. The van der Waals surface area contributed by atoms with Gasteiger partial charge in [0.05, 0.1) is 13.2 Å². The van der Waals surface area contributed by atoms with Crippen molar-refractivity contribution in [2.45, 2.75) is 26.4 Å². The van der Waals surface area contributed by atoms with Crippen molar-refractivity contribution in [3.63, 3.8) is 0 Å². The van der Waals surface area contributed by atoms with Gasteiger partial charge in [0.25, 0.3) is 6.43 Å². The highest BCUT2D eigenvalue weighted by atomic mass is 19.3. The lowest BCUT2D eigenvalue weighted by atomic mass is 10.1. The maximum Gasteiger partial charge on any atom is 0.268 e. The molecule has 3 nitrogen and oxygen atoms in total. The molecule has 1 atom stereocenters. The van der Waals surface area contributed by atoms with E-state index in [1.165, 1.54) is 18.2 Å². The van der Waals surface area contributed by atoms with Crippen LogP contribution in [0.25, 0.3) is 0 Å². The molecule has 0 saturated carbocycles. The van der Waals surface area contributed by atoms with E-state index in [9.17, 15) is 13.9 Å². The fourth-order valence-electron chi connectivity index (χ4n) is 1.40. The van der Waals surface area contributed by atoms with Crippen LogP contribution in [0.2, 0.25) is 0 Å². The Hall–Kier alpha value is -1.36. The third-order valence-electron chi connectivity index (χ3n) is 2.15. The summed E-state index contributed by atoms with van der Waals surface area (Å²) in [6.07, 6.45) is -4.62. The Morgan fingerprint density at radius 2 is 1.71 bits per heavy atom. The van der Waals surface area contributed by atoms with Crippen molar-refractivity contribution in [1.29, 1.82) is 0 Å². The van der Waals surface area contributed by atoms with E-state index in [-0.39, 0.29) is 5.56 Å². The lowest BCUT2D eigenvalue weighted by Gasteiger charge is -2.15. The van der Waals surface area contributed by atoms with E-state index in [1.54, 1.807) is 6.92 Å². The molecule has 0 aliphatic carbocycles. The van der Waals surface area contributed by atoms with Crippen LogP contribution < -0.4 is 9.47 Å². The minimum Gasteiger partial charge on any atom is -0.490 e. The molecular weight excluding hydrogens is 230 g/mol. The maximum atomic E-state index is 12.4. The minimum absolute atomic E-state index is 0.118. The van der Waals surface area contributed by atoms with Gasteiger partial charge in [0.1, 0.15) is 6.10 Å². The predicted molar refractivity (Wildman–Crippen MR) is 59.7 cm³/mol. The zero-order valence-electron chi connectivity index (χ0n) is 9.82. The molecule has 0 spiro atoms. The topological polar surface area (TPSA) is 38.7 Å². The van der Waals surface area contributed by atoms with E-state index >= 15 is 0 Å². The van der Waals surface area contributed by atoms with E-state index in [2.05, 4.69) is 0 Å². The lowest BCUT2D eigenvalue weighted by Crippen LogP contribution is -2.08. The average molecular weight is 246 g/mol. The molecule has 5 heteroatoms. The van der Waals surface area contributed by atoms with E-state index < -0.39 is 12.5 Å². The summed E-state index contributed by atoms with van der Waals surface area (Å²) in [6, 6.07) is 4.31. The van der Waals surface area contributed by atoms with Gasteiger partial charge in [-0.05, 0) is 31.5 Å². The molecule has 96 valence electrons. The first-order valence-electron chi connectivity index (χ1n) is 5.45. The summed E-state index contributed by atoms with van der Waals surface area (Å²) in [5.74, 6) is 0.853. The second-order valence-electron chi connectivity index (χ2n) is 3.35.